The number of urea groups is 1. The van der Waals surface area contributed by atoms with E-state index in [9.17, 15) is 9.59 Å². The van der Waals surface area contributed by atoms with E-state index in [1.807, 2.05) is 54.6 Å². The maximum Gasteiger partial charge on any atom is 0.318 e. The fourth-order valence-electron chi connectivity index (χ4n) is 3.42. The van der Waals surface area contributed by atoms with E-state index in [4.69, 9.17) is 10.8 Å². The Morgan fingerprint density at radius 3 is 2.13 bits per heavy atom. The molecule has 0 aliphatic carbocycles. The van der Waals surface area contributed by atoms with E-state index in [0.29, 0.717) is 26.2 Å². The van der Waals surface area contributed by atoms with Crippen molar-refractivity contribution < 1.29 is 14.7 Å². The van der Waals surface area contributed by atoms with Gasteiger partial charge in [-0.15, -0.1) is 0 Å². The topological polar surface area (TPSA) is 98.9 Å². The van der Waals surface area contributed by atoms with Gasteiger partial charge >= 0.3 is 6.03 Å². The van der Waals surface area contributed by atoms with Gasteiger partial charge in [0.05, 0.1) is 0 Å². The van der Waals surface area contributed by atoms with Gasteiger partial charge in [0.25, 0.3) is 0 Å². The third-order valence-electron chi connectivity index (χ3n) is 5.23. The number of aliphatic hydroxyl groups is 1. The lowest BCUT2D eigenvalue weighted by molar-refractivity contribution is -0.123. The van der Waals surface area contributed by atoms with Crippen molar-refractivity contribution in [3.8, 4) is 11.8 Å². The summed E-state index contributed by atoms with van der Waals surface area (Å²) in [7, 11) is 0. The van der Waals surface area contributed by atoms with Crippen LogP contribution in [0.2, 0.25) is 0 Å². The first-order chi connectivity index (χ1) is 15.0. The average molecular weight is 421 g/mol. The summed E-state index contributed by atoms with van der Waals surface area (Å²) in [6, 6.07) is 16.1. The smallest absolute Gasteiger partial charge is 0.318 e. The summed E-state index contributed by atoms with van der Waals surface area (Å²) in [4.78, 5) is 28.2. The summed E-state index contributed by atoms with van der Waals surface area (Å²) in [6.07, 6.45) is 0. The van der Waals surface area contributed by atoms with Crippen molar-refractivity contribution in [3.05, 3.63) is 65.7 Å². The molecule has 7 heteroatoms. The molecule has 2 amide bonds. The van der Waals surface area contributed by atoms with Crippen molar-refractivity contribution in [2.45, 2.75) is 19.0 Å². The number of carbonyl (C=O) groups excluding carboxylic acids is 2. The molecule has 2 aromatic carbocycles. The molecule has 4 N–H and O–H groups in total. The highest BCUT2D eigenvalue weighted by Gasteiger charge is 2.28. The van der Waals surface area contributed by atoms with Crippen LogP contribution in [0.5, 0.6) is 0 Å². The van der Waals surface area contributed by atoms with Crippen molar-refractivity contribution in [2.24, 2.45) is 5.73 Å². The zero-order valence-electron chi connectivity index (χ0n) is 17.6. The molecule has 1 fully saturated rings. The second kappa shape index (κ2) is 10.6. The van der Waals surface area contributed by atoms with E-state index in [0.717, 1.165) is 16.8 Å². The van der Waals surface area contributed by atoms with Crippen LogP contribution in [0.1, 0.15) is 18.1 Å². The van der Waals surface area contributed by atoms with Gasteiger partial charge < -0.3 is 26.0 Å². The number of rotatable bonds is 5. The molecular formula is C24H28N4O3. The number of Topliss-reactive ketones (excluding diaryl/α,β-unsaturated/α-hetero) is 1. The zero-order chi connectivity index (χ0) is 22.2. The van der Waals surface area contributed by atoms with Crippen LogP contribution in [0.3, 0.4) is 0 Å². The fourth-order valence-corrected chi connectivity index (χ4v) is 3.42. The van der Waals surface area contributed by atoms with Gasteiger partial charge in [-0.25, -0.2) is 4.79 Å². The van der Waals surface area contributed by atoms with E-state index >= 15 is 0 Å². The summed E-state index contributed by atoms with van der Waals surface area (Å²) in [6.45, 7) is 3.40. The first-order valence-electron chi connectivity index (χ1n) is 10.3. The molecule has 1 saturated heterocycles. The number of amides is 2. The van der Waals surface area contributed by atoms with Gasteiger partial charge in [0.1, 0.15) is 12.6 Å². The number of hydrogen-bond donors (Lipinski definition) is 3. The number of nitrogens with one attached hydrogen (secondary N) is 1. The van der Waals surface area contributed by atoms with Crippen LogP contribution in [0.25, 0.3) is 0 Å². The second-order valence-corrected chi connectivity index (χ2v) is 7.55. The number of carbonyl (C=O) groups is 2. The third kappa shape index (κ3) is 6.07. The van der Waals surface area contributed by atoms with Gasteiger partial charge in [-0.3, -0.25) is 4.79 Å². The lowest BCUT2D eigenvalue weighted by Crippen LogP contribution is -2.58. The van der Waals surface area contributed by atoms with Crippen molar-refractivity contribution >= 4 is 17.5 Å². The second-order valence-electron chi connectivity index (χ2n) is 7.55. The molecule has 1 heterocycles. The van der Waals surface area contributed by atoms with E-state index in [2.05, 4.69) is 22.1 Å². The zero-order valence-corrected chi connectivity index (χ0v) is 17.6. The Hall–Kier alpha value is -3.34. The minimum atomic E-state index is -0.889. The quantitative estimate of drug-likeness (QED) is 0.632. The average Bonchev–Trinajstić information content (AvgIpc) is 2.81. The summed E-state index contributed by atoms with van der Waals surface area (Å²) in [5, 5.41) is 11.7. The molecule has 0 unspecified atom stereocenters. The molecule has 0 saturated carbocycles. The summed E-state index contributed by atoms with van der Waals surface area (Å²) < 4.78 is 0. The van der Waals surface area contributed by atoms with Gasteiger partial charge in [-0.05, 0) is 43.3 Å². The van der Waals surface area contributed by atoms with Gasteiger partial charge in [0, 0.05) is 49.0 Å². The third-order valence-corrected chi connectivity index (χ3v) is 5.23. The Bertz CT molecular complexity index is 940. The Labute approximate surface area is 182 Å². The molecule has 0 bridgehead atoms. The molecule has 162 valence electrons. The first kappa shape index (κ1) is 22.3. The highest BCUT2D eigenvalue weighted by Crippen LogP contribution is 2.17. The number of nitrogens with two attached hydrogens (primary N) is 1. The van der Waals surface area contributed by atoms with Gasteiger partial charge in [0.15, 0.2) is 5.78 Å². The van der Waals surface area contributed by atoms with Crippen LogP contribution >= 0.6 is 0 Å². The van der Waals surface area contributed by atoms with Crippen LogP contribution < -0.4 is 16.0 Å². The minimum Gasteiger partial charge on any atom is -0.388 e. The summed E-state index contributed by atoms with van der Waals surface area (Å²) in [5.41, 5.74) is 8.78. The highest BCUT2D eigenvalue weighted by atomic mass is 16.3. The van der Waals surface area contributed by atoms with Crippen molar-refractivity contribution in [1.82, 2.24) is 10.2 Å². The van der Waals surface area contributed by atoms with Crippen LogP contribution in [0.4, 0.5) is 10.5 Å². The number of nitrogens with zero attached hydrogens (tertiary/aromatic N) is 2. The number of ketones is 1. The fraction of sp³-hybridized carbons (Fsp3) is 0.333. The number of aliphatic hydroxyl groups excluding tert-OH is 1. The Balaban J connectivity index is 1.54. The standard InChI is InChI=1S/C24H28N4O3/c1-18(25)23(22(30)17-29)26-24(31)28-15-13-27(14-16-28)21-11-9-20(10-12-21)8-7-19-5-3-2-4-6-19/h2-6,9-12,18,23,29H,13-17,25H2,1H3,(H,26,31)/t18-,23+/m1/s1. The number of anilines is 1. The van der Waals surface area contributed by atoms with Crippen LogP contribution in [0, 0.1) is 11.8 Å². The maximum atomic E-state index is 12.5. The van der Waals surface area contributed by atoms with E-state index < -0.39 is 24.5 Å². The lowest BCUT2D eigenvalue weighted by atomic mass is 10.1. The van der Waals surface area contributed by atoms with E-state index in [1.54, 1.807) is 11.8 Å². The molecular weight excluding hydrogens is 392 g/mol. The predicted octanol–water partition coefficient (Wildman–Crippen LogP) is 1.20. The SMILES string of the molecule is C[C@@H](N)[C@H](NC(=O)N1CCN(c2ccc(C#Cc3ccccc3)cc2)CC1)C(=O)CO. The van der Waals surface area contributed by atoms with Gasteiger partial charge in [0.2, 0.25) is 0 Å². The number of benzene rings is 2. The Kier molecular flexibility index (Phi) is 7.65. The van der Waals surface area contributed by atoms with Crippen molar-refractivity contribution in [3.63, 3.8) is 0 Å². The Morgan fingerprint density at radius 2 is 1.58 bits per heavy atom. The van der Waals surface area contributed by atoms with E-state index in [1.165, 1.54) is 0 Å². The predicted molar refractivity (Wildman–Crippen MR) is 121 cm³/mol. The number of piperazine rings is 1. The van der Waals surface area contributed by atoms with Gasteiger partial charge in [-0.1, -0.05) is 30.0 Å². The highest BCUT2D eigenvalue weighted by molar-refractivity contribution is 5.90. The van der Waals surface area contributed by atoms with Crippen molar-refractivity contribution in [1.29, 1.82) is 0 Å². The molecule has 1 aliphatic rings. The molecule has 0 aromatic heterocycles. The molecule has 1 aliphatic heterocycles. The molecule has 3 rings (SSSR count). The maximum absolute atomic E-state index is 12.5. The number of hydrogen-bond acceptors (Lipinski definition) is 5. The normalized spacial score (nSPS) is 15.5. The first-order valence-corrected chi connectivity index (χ1v) is 10.3. The molecule has 2 atom stereocenters. The summed E-state index contributed by atoms with van der Waals surface area (Å²) in [5.74, 6) is 5.83. The summed E-state index contributed by atoms with van der Waals surface area (Å²) >= 11 is 0. The van der Waals surface area contributed by atoms with E-state index in [-0.39, 0.29) is 6.03 Å². The Morgan fingerprint density at radius 1 is 1.00 bits per heavy atom. The van der Waals surface area contributed by atoms with Crippen LogP contribution in [-0.4, -0.2) is 66.7 Å². The largest absolute Gasteiger partial charge is 0.388 e. The lowest BCUT2D eigenvalue weighted by Gasteiger charge is -2.37. The molecule has 2 aromatic rings. The molecule has 31 heavy (non-hydrogen) atoms. The van der Waals surface area contributed by atoms with Crippen LogP contribution in [0.15, 0.2) is 54.6 Å². The molecule has 7 nitrogen and oxygen atoms in total. The minimum absolute atomic E-state index is 0.338. The van der Waals surface area contributed by atoms with Gasteiger partial charge in [-0.2, -0.15) is 0 Å². The molecule has 0 spiro atoms. The van der Waals surface area contributed by atoms with Crippen LogP contribution in [-0.2, 0) is 4.79 Å². The molecule has 0 radical (unpaired) electrons. The van der Waals surface area contributed by atoms with Crippen molar-refractivity contribution in [2.75, 3.05) is 37.7 Å². The monoisotopic (exact) mass is 420 g/mol.